The molecule has 0 fully saturated rings. The number of para-hydroxylation sites is 1. The first kappa shape index (κ1) is 17.0. The van der Waals surface area contributed by atoms with E-state index in [0.29, 0.717) is 17.1 Å². The van der Waals surface area contributed by atoms with Crippen LogP contribution in [0.1, 0.15) is 10.4 Å². The van der Waals surface area contributed by atoms with Gasteiger partial charge in [0.15, 0.2) is 0 Å². The van der Waals surface area contributed by atoms with Gasteiger partial charge in [0.25, 0.3) is 5.91 Å². The van der Waals surface area contributed by atoms with E-state index in [0.717, 1.165) is 15.9 Å². The first-order chi connectivity index (χ1) is 12.2. The average molecular weight is 398 g/mol. The molecule has 0 aliphatic heterocycles. The van der Waals surface area contributed by atoms with Crippen LogP contribution in [0.25, 0.3) is 0 Å². The lowest BCUT2D eigenvalue weighted by atomic mass is 10.2. The molecular formula is C19H16BrN3O2. The highest BCUT2D eigenvalue weighted by Crippen LogP contribution is 2.23. The van der Waals surface area contributed by atoms with Crippen LogP contribution in [0.3, 0.4) is 0 Å². The van der Waals surface area contributed by atoms with Gasteiger partial charge >= 0.3 is 0 Å². The number of hydrogen-bond donors (Lipinski definition) is 2. The van der Waals surface area contributed by atoms with E-state index < -0.39 is 0 Å². The second-order valence-electron chi connectivity index (χ2n) is 5.22. The molecular weight excluding hydrogens is 382 g/mol. The summed E-state index contributed by atoms with van der Waals surface area (Å²) in [6.45, 7) is 0. The number of carbonyl (C=O) groups excluding carboxylic acids is 1. The Balaban J connectivity index is 1.69. The molecule has 0 saturated heterocycles. The monoisotopic (exact) mass is 397 g/mol. The summed E-state index contributed by atoms with van der Waals surface area (Å²) in [7, 11) is 1.62. The van der Waals surface area contributed by atoms with Crippen molar-refractivity contribution in [2.24, 2.45) is 0 Å². The van der Waals surface area contributed by atoms with Crippen molar-refractivity contribution in [3.05, 3.63) is 76.9 Å². The van der Waals surface area contributed by atoms with Gasteiger partial charge in [0.1, 0.15) is 11.6 Å². The van der Waals surface area contributed by atoms with Crippen LogP contribution >= 0.6 is 15.9 Å². The van der Waals surface area contributed by atoms with E-state index in [1.807, 2.05) is 48.5 Å². The lowest BCUT2D eigenvalue weighted by molar-refractivity contribution is 0.102. The number of hydrogen-bond acceptors (Lipinski definition) is 4. The minimum atomic E-state index is -0.215. The summed E-state index contributed by atoms with van der Waals surface area (Å²) < 4.78 is 6.02. The average Bonchev–Trinajstić information content (AvgIpc) is 2.64. The number of benzene rings is 2. The van der Waals surface area contributed by atoms with E-state index in [4.69, 9.17) is 4.74 Å². The van der Waals surface area contributed by atoms with Gasteiger partial charge in [-0.05, 0) is 52.3 Å². The summed E-state index contributed by atoms with van der Waals surface area (Å²) in [4.78, 5) is 16.6. The molecule has 5 nitrogen and oxygen atoms in total. The normalized spacial score (nSPS) is 10.2. The summed E-state index contributed by atoms with van der Waals surface area (Å²) in [5.41, 5.74) is 2.05. The van der Waals surface area contributed by atoms with E-state index in [-0.39, 0.29) is 5.91 Å². The molecule has 0 bridgehead atoms. The summed E-state index contributed by atoms with van der Waals surface area (Å²) in [5.74, 6) is 1.19. The molecule has 1 heterocycles. The zero-order valence-electron chi connectivity index (χ0n) is 13.5. The Labute approximate surface area is 154 Å². The van der Waals surface area contributed by atoms with Gasteiger partial charge in [-0.3, -0.25) is 4.79 Å². The van der Waals surface area contributed by atoms with E-state index >= 15 is 0 Å². The van der Waals surface area contributed by atoms with Gasteiger partial charge in [-0.25, -0.2) is 4.98 Å². The molecule has 25 heavy (non-hydrogen) atoms. The lowest BCUT2D eigenvalue weighted by Gasteiger charge is -2.09. The number of ether oxygens (including phenoxy) is 1. The SMILES string of the molecule is COc1cccc(Nc2ccc(C(=O)Nc3ccccc3Br)cn2)c1. The fourth-order valence-corrected chi connectivity index (χ4v) is 2.59. The van der Waals surface area contributed by atoms with Crippen molar-refractivity contribution in [2.45, 2.75) is 0 Å². The second-order valence-corrected chi connectivity index (χ2v) is 6.08. The molecule has 2 N–H and O–H groups in total. The molecule has 1 aromatic heterocycles. The number of halogens is 1. The Hall–Kier alpha value is -2.86. The first-order valence-electron chi connectivity index (χ1n) is 7.59. The lowest BCUT2D eigenvalue weighted by Crippen LogP contribution is -2.12. The van der Waals surface area contributed by atoms with Crippen LogP contribution in [-0.4, -0.2) is 18.0 Å². The number of anilines is 3. The van der Waals surface area contributed by atoms with Gasteiger partial charge in [-0.1, -0.05) is 18.2 Å². The highest BCUT2D eigenvalue weighted by molar-refractivity contribution is 9.10. The molecule has 0 radical (unpaired) electrons. The predicted octanol–water partition coefficient (Wildman–Crippen LogP) is 4.85. The number of nitrogens with zero attached hydrogens (tertiary/aromatic N) is 1. The third-order valence-electron chi connectivity index (χ3n) is 3.49. The Morgan fingerprint density at radius 3 is 2.64 bits per heavy atom. The van der Waals surface area contributed by atoms with E-state index in [2.05, 4.69) is 31.5 Å². The molecule has 0 unspecified atom stereocenters. The van der Waals surface area contributed by atoms with Crippen LogP contribution < -0.4 is 15.4 Å². The van der Waals surface area contributed by atoms with Crippen molar-refractivity contribution >= 4 is 39.0 Å². The largest absolute Gasteiger partial charge is 0.497 e. The van der Waals surface area contributed by atoms with Crippen molar-refractivity contribution in [2.75, 3.05) is 17.7 Å². The Morgan fingerprint density at radius 2 is 1.92 bits per heavy atom. The third-order valence-corrected chi connectivity index (χ3v) is 4.18. The molecule has 3 aromatic rings. The van der Waals surface area contributed by atoms with Gasteiger partial charge in [-0.2, -0.15) is 0 Å². The highest BCUT2D eigenvalue weighted by atomic mass is 79.9. The van der Waals surface area contributed by atoms with E-state index in [1.165, 1.54) is 6.20 Å². The van der Waals surface area contributed by atoms with Crippen molar-refractivity contribution < 1.29 is 9.53 Å². The molecule has 3 rings (SSSR count). The van der Waals surface area contributed by atoms with Crippen LogP contribution in [0.5, 0.6) is 5.75 Å². The van der Waals surface area contributed by atoms with Crippen LogP contribution in [0.4, 0.5) is 17.2 Å². The minimum absolute atomic E-state index is 0.215. The molecule has 126 valence electrons. The molecule has 2 aromatic carbocycles. The molecule has 0 aliphatic carbocycles. The summed E-state index contributed by atoms with van der Waals surface area (Å²) in [6.07, 6.45) is 1.54. The Kier molecular flexibility index (Phi) is 5.30. The summed E-state index contributed by atoms with van der Waals surface area (Å²) in [6, 6.07) is 18.5. The minimum Gasteiger partial charge on any atom is -0.497 e. The first-order valence-corrected chi connectivity index (χ1v) is 8.38. The summed E-state index contributed by atoms with van der Waals surface area (Å²) >= 11 is 3.41. The third kappa shape index (κ3) is 4.36. The molecule has 6 heteroatoms. The molecule has 0 spiro atoms. The number of nitrogens with one attached hydrogen (secondary N) is 2. The van der Waals surface area contributed by atoms with Crippen molar-refractivity contribution in [1.29, 1.82) is 0 Å². The van der Waals surface area contributed by atoms with E-state index in [9.17, 15) is 4.79 Å². The number of carbonyl (C=O) groups is 1. The highest BCUT2D eigenvalue weighted by Gasteiger charge is 2.08. The quantitative estimate of drug-likeness (QED) is 0.645. The Morgan fingerprint density at radius 1 is 1.08 bits per heavy atom. The van der Waals surface area contributed by atoms with Crippen LogP contribution in [0, 0.1) is 0 Å². The van der Waals surface area contributed by atoms with Gasteiger partial charge in [-0.15, -0.1) is 0 Å². The standard InChI is InChI=1S/C19H16BrN3O2/c1-25-15-6-4-5-14(11-15)22-18-10-9-13(12-21-18)19(24)23-17-8-3-2-7-16(17)20/h2-12H,1H3,(H,21,22)(H,23,24). The maximum atomic E-state index is 12.3. The zero-order valence-corrected chi connectivity index (χ0v) is 15.1. The topological polar surface area (TPSA) is 63.2 Å². The number of aromatic nitrogens is 1. The van der Waals surface area contributed by atoms with Crippen LogP contribution in [0.2, 0.25) is 0 Å². The van der Waals surface area contributed by atoms with Gasteiger partial charge in [0.2, 0.25) is 0 Å². The van der Waals surface area contributed by atoms with Gasteiger partial charge in [0.05, 0.1) is 18.4 Å². The fraction of sp³-hybridized carbons (Fsp3) is 0.0526. The van der Waals surface area contributed by atoms with Crippen molar-refractivity contribution in [3.8, 4) is 5.75 Å². The number of amides is 1. The van der Waals surface area contributed by atoms with Crippen molar-refractivity contribution in [1.82, 2.24) is 4.98 Å². The number of pyridine rings is 1. The predicted molar refractivity (Wildman–Crippen MR) is 103 cm³/mol. The maximum absolute atomic E-state index is 12.3. The zero-order chi connectivity index (χ0) is 17.6. The Bertz CT molecular complexity index is 882. The molecule has 0 atom stereocenters. The summed E-state index contributed by atoms with van der Waals surface area (Å²) in [5, 5.41) is 6.02. The molecule has 1 amide bonds. The number of methoxy groups -OCH3 is 1. The van der Waals surface area contributed by atoms with Crippen LogP contribution in [0.15, 0.2) is 71.3 Å². The molecule has 0 saturated carbocycles. The number of rotatable bonds is 5. The van der Waals surface area contributed by atoms with Gasteiger partial charge in [0, 0.05) is 22.4 Å². The molecule has 0 aliphatic rings. The maximum Gasteiger partial charge on any atom is 0.257 e. The fourth-order valence-electron chi connectivity index (χ4n) is 2.21. The smallest absolute Gasteiger partial charge is 0.257 e. The van der Waals surface area contributed by atoms with Crippen molar-refractivity contribution in [3.63, 3.8) is 0 Å². The van der Waals surface area contributed by atoms with E-state index in [1.54, 1.807) is 19.2 Å². The second kappa shape index (κ2) is 7.81. The van der Waals surface area contributed by atoms with Gasteiger partial charge < -0.3 is 15.4 Å². The van der Waals surface area contributed by atoms with Crippen LogP contribution in [-0.2, 0) is 0 Å².